The van der Waals surface area contributed by atoms with Crippen molar-refractivity contribution >= 4 is 16.8 Å². The first-order valence-electron chi connectivity index (χ1n) is 9.04. The van der Waals surface area contributed by atoms with Gasteiger partial charge < -0.3 is 14.8 Å². The average molecular weight is 363 g/mol. The zero-order valence-corrected chi connectivity index (χ0v) is 15.0. The Morgan fingerprint density at radius 2 is 2.07 bits per heavy atom. The van der Waals surface area contributed by atoms with E-state index < -0.39 is 6.10 Å². The zero-order chi connectivity index (χ0) is 18.6. The largest absolute Gasteiger partial charge is 0.479 e. The fraction of sp³-hybridized carbons (Fsp3) is 0.286. The molecule has 0 bridgehead atoms. The van der Waals surface area contributed by atoms with Gasteiger partial charge in [-0.2, -0.15) is 0 Å². The lowest BCUT2D eigenvalue weighted by atomic mass is 10.0. The van der Waals surface area contributed by atoms with Gasteiger partial charge in [0.25, 0.3) is 5.91 Å². The van der Waals surface area contributed by atoms with Crippen LogP contribution in [0.4, 0.5) is 0 Å². The third-order valence-corrected chi connectivity index (χ3v) is 4.70. The molecular formula is C21H21N3O3. The molecule has 0 spiro atoms. The van der Waals surface area contributed by atoms with Crippen LogP contribution in [0.2, 0.25) is 0 Å². The quantitative estimate of drug-likeness (QED) is 0.754. The molecule has 27 heavy (non-hydrogen) atoms. The smallest absolute Gasteiger partial charge is 0.261 e. The van der Waals surface area contributed by atoms with Crippen LogP contribution >= 0.6 is 0 Å². The molecule has 0 saturated carbocycles. The summed E-state index contributed by atoms with van der Waals surface area (Å²) in [6, 6.07) is 13.4. The average Bonchev–Trinajstić information content (AvgIpc) is 3.16. The number of fused-ring (bicyclic) bond motifs is 1. The maximum atomic E-state index is 12.6. The molecule has 3 heterocycles. The second-order valence-electron chi connectivity index (χ2n) is 6.60. The van der Waals surface area contributed by atoms with Gasteiger partial charge in [-0.05, 0) is 43.2 Å². The second-order valence-corrected chi connectivity index (χ2v) is 6.60. The van der Waals surface area contributed by atoms with Gasteiger partial charge in [-0.25, -0.2) is 0 Å². The van der Waals surface area contributed by atoms with Crippen molar-refractivity contribution in [3.05, 3.63) is 66.6 Å². The number of para-hydroxylation sites is 1. The molecule has 1 amide bonds. The van der Waals surface area contributed by atoms with Crippen molar-refractivity contribution in [3.63, 3.8) is 0 Å². The number of nitrogens with one attached hydrogen (secondary N) is 1. The van der Waals surface area contributed by atoms with Gasteiger partial charge in [0.05, 0.1) is 17.8 Å². The predicted molar refractivity (Wildman–Crippen MR) is 101 cm³/mol. The summed E-state index contributed by atoms with van der Waals surface area (Å²) in [4.78, 5) is 21.0. The van der Waals surface area contributed by atoms with Crippen molar-refractivity contribution in [2.75, 3.05) is 6.61 Å². The van der Waals surface area contributed by atoms with E-state index in [2.05, 4.69) is 15.3 Å². The highest BCUT2D eigenvalue weighted by atomic mass is 16.5. The van der Waals surface area contributed by atoms with Crippen molar-refractivity contribution in [1.29, 1.82) is 0 Å². The van der Waals surface area contributed by atoms with Crippen LogP contribution in [0.25, 0.3) is 10.9 Å². The van der Waals surface area contributed by atoms with E-state index in [4.69, 9.17) is 9.47 Å². The highest BCUT2D eigenvalue weighted by molar-refractivity contribution is 5.82. The van der Waals surface area contributed by atoms with Gasteiger partial charge in [-0.3, -0.25) is 14.8 Å². The fourth-order valence-corrected chi connectivity index (χ4v) is 3.29. The van der Waals surface area contributed by atoms with Crippen molar-refractivity contribution in [2.45, 2.75) is 31.6 Å². The summed E-state index contributed by atoms with van der Waals surface area (Å²) in [6.07, 6.45) is 5.08. The summed E-state index contributed by atoms with van der Waals surface area (Å²) >= 11 is 0. The molecule has 1 aliphatic heterocycles. The first kappa shape index (κ1) is 17.4. The molecule has 1 aliphatic rings. The molecule has 1 N–H and O–H groups in total. The van der Waals surface area contributed by atoms with Crippen LogP contribution in [0, 0.1) is 0 Å². The van der Waals surface area contributed by atoms with Crippen molar-refractivity contribution in [3.8, 4) is 5.75 Å². The van der Waals surface area contributed by atoms with Gasteiger partial charge in [0.15, 0.2) is 6.10 Å². The maximum absolute atomic E-state index is 12.6. The van der Waals surface area contributed by atoms with Crippen LogP contribution in [0.5, 0.6) is 5.75 Å². The van der Waals surface area contributed by atoms with E-state index in [0.717, 1.165) is 22.9 Å². The number of amides is 1. The van der Waals surface area contributed by atoms with Crippen LogP contribution in [0.1, 0.15) is 25.0 Å². The highest BCUT2D eigenvalue weighted by Crippen LogP contribution is 2.29. The van der Waals surface area contributed by atoms with Crippen LogP contribution < -0.4 is 10.1 Å². The Bertz CT molecular complexity index is 932. The lowest BCUT2D eigenvalue weighted by Crippen LogP contribution is -2.43. The first-order chi connectivity index (χ1) is 13.2. The molecule has 0 aliphatic carbocycles. The second kappa shape index (κ2) is 7.72. The van der Waals surface area contributed by atoms with E-state index in [0.29, 0.717) is 12.4 Å². The van der Waals surface area contributed by atoms with Crippen LogP contribution in [-0.4, -0.2) is 34.6 Å². The molecule has 1 saturated heterocycles. The predicted octanol–water partition coefficient (Wildman–Crippen LogP) is 3.04. The molecule has 0 unspecified atom stereocenters. The number of nitrogens with zero attached hydrogens (tertiary/aromatic N) is 2. The molecule has 1 fully saturated rings. The van der Waals surface area contributed by atoms with Gasteiger partial charge in [0.2, 0.25) is 0 Å². The number of pyridine rings is 2. The van der Waals surface area contributed by atoms with Gasteiger partial charge in [0, 0.05) is 24.4 Å². The van der Waals surface area contributed by atoms with Gasteiger partial charge in [-0.1, -0.05) is 18.2 Å². The lowest BCUT2D eigenvalue weighted by Gasteiger charge is -2.22. The maximum Gasteiger partial charge on any atom is 0.261 e. The fourth-order valence-electron chi connectivity index (χ4n) is 3.29. The van der Waals surface area contributed by atoms with E-state index in [1.807, 2.05) is 42.5 Å². The Balaban J connectivity index is 1.41. The molecular weight excluding hydrogens is 342 g/mol. The topological polar surface area (TPSA) is 73.3 Å². The van der Waals surface area contributed by atoms with Gasteiger partial charge >= 0.3 is 0 Å². The molecule has 1 aromatic carbocycles. The summed E-state index contributed by atoms with van der Waals surface area (Å²) in [5, 5.41) is 4.03. The van der Waals surface area contributed by atoms with Crippen LogP contribution in [0.3, 0.4) is 0 Å². The molecule has 3 aromatic rings. The molecule has 4 rings (SSSR count). The molecule has 2 aromatic heterocycles. The molecule has 138 valence electrons. The normalized spacial score (nSPS) is 20.3. The highest BCUT2D eigenvalue weighted by Gasteiger charge is 2.32. The number of aromatic nitrogens is 2. The van der Waals surface area contributed by atoms with Crippen molar-refractivity contribution < 1.29 is 14.3 Å². The summed E-state index contributed by atoms with van der Waals surface area (Å²) in [6.45, 7) is 2.35. The van der Waals surface area contributed by atoms with E-state index in [-0.39, 0.29) is 18.1 Å². The van der Waals surface area contributed by atoms with Crippen molar-refractivity contribution in [1.82, 2.24) is 15.3 Å². The summed E-state index contributed by atoms with van der Waals surface area (Å²) in [5.41, 5.74) is 1.91. The summed E-state index contributed by atoms with van der Waals surface area (Å²) in [5.74, 6) is 0.405. The Labute approximate surface area is 157 Å². The monoisotopic (exact) mass is 363 g/mol. The van der Waals surface area contributed by atoms with Gasteiger partial charge in [-0.15, -0.1) is 0 Å². The summed E-state index contributed by atoms with van der Waals surface area (Å²) < 4.78 is 11.6. The molecule has 3 atom stereocenters. The third kappa shape index (κ3) is 3.90. The minimum atomic E-state index is -0.633. The molecule has 6 nitrogen and oxygen atoms in total. The standard InChI is InChI=1S/C21H21N3O3/c1-14(27-17-12-16-4-2-3-5-18(16)23-13-17)21(25)24-19-8-11-26-20(19)15-6-9-22-10-7-15/h2-7,9-10,12-14,19-20H,8,11H2,1H3,(H,24,25)/t14-,19+,20-/m0/s1. The van der Waals surface area contributed by atoms with E-state index in [9.17, 15) is 4.79 Å². The number of benzene rings is 1. The third-order valence-electron chi connectivity index (χ3n) is 4.70. The minimum Gasteiger partial charge on any atom is -0.479 e. The van der Waals surface area contributed by atoms with Crippen molar-refractivity contribution in [2.24, 2.45) is 0 Å². The zero-order valence-electron chi connectivity index (χ0n) is 15.0. The van der Waals surface area contributed by atoms with Gasteiger partial charge in [0.1, 0.15) is 11.9 Å². The van der Waals surface area contributed by atoms with Crippen LogP contribution in [-0.2, 0) is 9.53 Å². The first-order valence-corrected chi connectivity index (χ1v) is 9.04. The van der Waals surface area contributed by atoms with E-state index >= 15 is 0 Å². The number of carbonyl (C=O) groups excluding carboxylic acids is 1. The number of hydrogen-bond donors (Lipinski definition) is 1. The number of hydrogen-bond acceptors (Lipinski definition) is 5. The summed E-state index contributed by atoms with van der Waals surface area (Å²) in [7, 11) is 0. The molecule has 6 heteroatoms. The Hall–Kier alpha value is -2.99. The Kier molecular flexibility index (Phi) is 4.98. The Morgan fingerprint density at radius 1 is 1.26 bits per heavy atom. The molecule has 0 radical (unpaired) electrons. The SMILES string of the molecule is C[C@H](Oc1cnc2ccccc2c1)C(=O)N[C@@H]1CCO[C@H]1c1ccncc1. The Morgan fingerprint density at radius 3 is 2.93 bits per heavy atom. The number of carbonyl (C=O) groups is 1. The van der Waals surface area contributed by atoms with E-state index in [1.54, 1.807) is 25.5 Å². The lowest BCUT2D eigenvalue weighted by molar-refractivity contribution is -0.128. The number of ether oxygens (including phenoxy) is 2. The van der Waals surface area contributed by atoms with Crippen LogP contribution in [0.15, 0.2) is 61.1 Å². The minimum absolute atomic E-state index is 0.0827. The number of rotatable bonds is 5. The van der Waals surface area contributed by atoms with E-state index in [1.165, 1.54) is 0 Å².